The van der Waals surface area contributed by atoms with Crippen LogP contribution >= 0.6 is 46.4 Å². The fourth-order valence-corrected chi connectivity index (χ4v) is 18.2. The molecule has 24 nitrogen and oxygen atoms in total. The Balaban J connectivity index is 0.000000149. The Morgan fingerprint density at radius 1 is 0.387 bits per heavy atom. The molecule has 4 aliphatic carbocycles. The van der Waals surface area contributed by atoms with E-state index >= 15 is 0 Å². The molecule has 4 aliphatic heterocycles. The highest BCUT2D eigenvalue weighted by Crippen LogP contribution is 2.44. The van der Waals surface area contributed by atoms with E-state index in [-0.39, 0.29) is 10.6 Å². The number of benzene rings is 4. The van der Waals surface area contributed by atoms with E-state index in [9.17, 15) is 0 Å². The molecule has 8 aromatic rings. The standard InChI is InChI=1S/C23H34N4O2.C22H30ClN3O2.C22H28ClN3O2.C16H19Cl2N3O2.C6H11BO2.CH5N/c1-24-23-25-19-16-21(29-14-8-13-27-11-6-7-12-27)20(28-2)15-18(19)22(26-23)17-9-4-3-5-10-17;2*1-27-19-14-17-18(15-20(19)28-13-7-12-26-10-5-6-11-26)24-22(23)25-21(17)16-8-3-2-4-9-16;1-22-13-9-11-12(19-16(18)20-15(11)17)10-14(13)23-8-4-7-21-5-2-3-6-21;8-7(9)6-4-2-1-3-5-6;1-2/h15-17H,3-14H2,1-2H3,(H,24,25,26);14-16H,2-13H2,1H3;8,14-15H,2-7,9-13H2,1H3;9-10H,2-8H2,1H3;4,8-9H,1-3,5H2;2H2,1H3. The smallest absolute Gasteiger partial charge is 0.483 e. The molecule has 4 aromatic heterocycles. The van der Waals surface area contributed by atoms with Gasteiger partial charge in [0.1, 0.15) is 5.15 Å². The number of likely N-dealkylation sites (tertiary alicyclic amines) is 4. The molecule has 8 heterocycles. The Morgan fingerprint density at radius 2 is 0.739 bits per heavy atom. The average Bonchev–Trinajstić information content (AvgIpc) is 0.924. The second-order valence-corrected chi connectivity index (χ2v) is 33.2. The van der Waals surface area contributed by atoms with Crippen molar-refractivity contribution in [3.8, 4) is 46.0 Å². The molecule has 0 atom stereocenters. The van der Waals surface area contributed by atoms with Crippen molar-refractivity contribution in [3.05, 3.63) is 104 Å². The van der Waals surface area contributed by atoms with E-state index in [0.29, 0.717) is 77.1 Å². The van der Waals surface area contributed by atoms with Gasteiger partial charge in [0.15, 0.2) is 46.0 Å². The molecular formula is C90H127BCl4N14O10. The highest BCUT2D eigenvalue weighted by Gasteiger charge is 2.27. The van der Waals surface area contributed by atoms with Gasteiger partial charge in [-0.1, -0.05) is 62.3 Å². The molecule has 29 heteroatoms. The number of nitrogens with one attached hydrogen (secondary N) is 1. The fourth-order valence-electron chi connectivity index (χ4n) is 17.3. The first-order chi connectivity index (χ1) is 58.2. The third-order valence-electron chi connectivity index (χ3n) is 23.6. The first kappa shape index (κ1) is 92.6. The molecule has 0 amide bonds. The normalized spacial score (nSPS) is 17.5. The molecule has 119 heavy (non-hydrogen) atoms. The summed E-state index contributed by atoms with van der Waals surface area (Å²) in [6, 6.07) is 15.6. The minimum atomic E-state index is -1.20. The molecule has 648 valence electrons. The Hall–Kier alpha value is -7.14. The summed E-state index contributed by atoms with van der Waals surface area (Å²) in [6.45, 7) is 16.7. The van der Waals surface area contributed by atoms with Gasteiger partial charge in [-0.3, -0.25) is 0 Å². The van der Waals surface area contributed by atoms with Crippen molar-refractivity contribution in [2.75, 3.05) is 153 Å². The third kappa shape index (κ3) is 27.4. The second kappa shape index (κ2) is 49.2. The van der Waals surface area contributed by atoms with Crippen LogP contribution in [-0.4, -0.2) is 224 Å². The third-order valence-corrected chi connectivity index (χ3v) is 24.4. The lowest BCUT2D eigenvalue weighted by atomic mass is 9.74. The van der Waals surface area contributed by atoms with E-state index in [2.05, 4.69) is 72.7 Å². The van der Waals surface area contributed by atoms with E-state index < -0.39 is 7.12 Å². The van der Waals surface area contributed by atoms with Crippen LogP contribution in [0.1, 0.15) is 222 Å². The van der Waals surface area contributed by atoms with E-state index in [0.717, 1.165) is 174 Å². The maximum Gasteiger partial charge on any atom is 0.483 e. The summed E-state index contributed by atoms with van der Waals surface area (Å²) in [4.78, 5) is 45.7. The summed E-state index contributed by atoms with van der Waals surface area (Å²) in [5.41, 5.74) is 12.9. The number of nitrogens with two attached hydrogens (primary N) is 1. The number of nitrogens with zero attached hydrogens (tertiary/aromatic N) is 12. The quantitative estimate of drug-likeness (QED) is 0.0147. The molecule has 2 saturated carbocycles. The molecule has 0 radical (unpaired) electrons. The molecule has 5 N–H and O–H groups in total. The lowest BCUT2D eigenvalue weighted by molar-refractivity contribution is 0.254. The molecule has 0 bridgehead atoms. The Kier molecular flexibility index (Phi) is 38.3. The number of aromatic nitrogens is 8. The number of halogens is 4. The highest BCUT2D eigenvalue weighted by molar-refractivity contribution is 6.50. The summed E-state index contributed by atoms with van der Waals surface area (Å²) in [5, 5.41) is 25.3. The van der Waals surface area contributed by atoms with Crippen LogP contribution in [-0.2, 0) is 0 Å². The highest BCUT2D eigenvalue weighted by atomic mass is 35.5. The monoisotopic (exact) mass is 1710 g/mol. The first-order valence-corrected chi connectivity index (χ1v) is 45.4. The van der Waals surface area contributed by atoms with Crippen molar-refractivity contribution in [2.24, 2.45) is 5.73 Å². The molecule has 6 fully saturated rings. The van der Waals surface area contributed by atoms with Gasteiger partial charge in [-0.05, 0) is 284 Å². The van der Waals surface area contributed by atoms with Crippen LogP contribution in [0, 0.1) is 0 Å². The van der Waals surface area contributed by atoms with Gasteiger partial charge in [0.05, 0.1) is 94.0 Å². The Bertz CT molecular complexity index is 4540. The number of hydrogen-bond donors (Lipinski definition) is 4. The molecule has 8 aliphatic rings. The van der Waals surface area contributed by atoms with Crippen molar-refractivity contribution >= 4 is 109 Å². The Morgan fingerprint density at radius 3 is 1.11 bits per heavy atom. The SMILES string of the molecule is CN.CNc1nc(C2CCCCC2)c2cc(OC)c(OCCCN3CCCC3)cc2n1.COc1cc2c(C3=CCCCC3)nc(Cl)nc2cc1OCCCN1CCCC1.COc1cc2c(C3CCCCC3)nc(Cl)nc2cc1OCCCN1CCCC1.COc1cc2c(Cl)nc(Cl)nc2cc1OCCCN1CCCC1.OB(O)C1=CCCCC1. The van der Waals surface area contributed by atoms with Gasteiger partial charge in [0.25, 0.3) is 0 Å². The van der Waals surface area contributed by atoms with E-state index in [1.54, 1.807) is 40.6 Å². The van der Waals surface area contributed by atoms with Crippen LogP contribution in [0.3, 0.4) is 0 Å². The Labute approximate surface area is 724 Å². The maximum absolute atomic E-state index is 8.66. The number of ether oxygens (including phenoxy) is 8. The number of anilines is 1. The van der Waals surface area contributed by atoms with E-state index in [4.69, 9.17) is 104 Å². The fraction of sp³-hybridized carbons (Fsp3) is 0.600. The number of hydrogen-bond acceptors (Lipinski definition) is 24. The zero-order chi connectivity index (χ0) is 83.7. The average molecular weight is 1720 g/mol. The summed E-state index contributed by atoms with van der Waals surface area (Å²) in [6.07, 6.45) is 39.9. The summed E-state index contributed by atoms with van der Waals surface area (Å²) >= 11 is 24.5. The largest absolute Gasteiger partial charge is 0.493 e. The molecule has 0 spiro atoms. The van der Waals surface area contributed by atoms with Crippen LogP contribution in [0.5, 0.6) is 46.0 Å². The number of methoxy groups -OCH3 is 4. The predicted octanol–water partition coefficient (Wildman–Crippen LogP) is 18.8. The zero-order valence-corrected chi connectivity index (χ0v) is 74.2. The molecule has 4 saturated heterocycles. The van der Waals surface area contributed by atoms with Crippen molar-refractivity contribution in [2.45, 2.75) is 204 Å². The van der Waals surface area contributed by atoms with Gasteiger partial charge in [0, 0.05) is 90.9 Å². The van der Waals surface area contributed by atoms with Crippen LogP contribution in [0.2, 0.25) is 21.0 Å². The zero-order valence-electron chi connectivity index (χ0n) is 71.1. The summed E-state index contributed by atoms with van der Waals surface area (Å²) < 4.78 is 46.4. The van der Waals surface area contributed by atoms with Gasteiger partial charge < -0.3 is 78.6 Å². The number of allylic oxidation sites excluding steroid dienone is 4. The topological polar surface area (TPSA) is 268 Å². The van der Waals surface area contributed by atoms with E-state index in [1.807, 2.05) is 43.5 Å². The molecule has 16 rings (SSSR count). The van der Waals surface area contributed by atoms with Gasteiger partial charge in [0.2, 0.25) is 21.8 Å². The van der Waals surface area contributed by atoms with Crippen LogP contribution < -0.4 is 48.9 Å². The van der Waals surface area contributed by atoms with Crippen molar-refractivity contribution < 1.29 is 47.9 Å². The van der Waals surface area contributed by atoms with Crippen molar-refractivity contribution in [1.29, 1.82) is 0 Å². The minimum absolute atomic E-state index is 0.118. The maximum atomic E-state index is 8.66. The lowest BCUT2D eigenvalue weighted by Gasteiger charge is -2.23. The van der Waals surface area contributed by atoms with Crippen LogP contribution in [0.4, 0.5) is 5.95 Å². The van der Waals surface area contributed by atoms with Gasteiger partial charge in [-0.15, -0.1) is 0 Å². The van der Waals surface area contributed by atoms with Crippen LogP contribution in [0.15, 0.2) is 66.2 Å². The molecule has 0 unspecified atom stereocenters. The van der Waals surface area contributed by atoms with Crippen LogP contribution in [0.25, 0.3) is 49.2 Å². The van der Waals surface area contributed by atoms with Crippen molar-refractivity contribution in [1.82, 2.24) is 59.5 Å². The molecular weight excluding hydrogens is 1590 g/mol. The molecule has 4 aromatic carbocycles. The lowest BCUT2D eigenvalue weighted by Crippen LogP contribution is -2.21. The summed E-state index contributed by atoms with van der Waals surface area (Å²) in [7, 11) is 8.85. The summed E-state index contributed by atoms with van der Waals surface area (Å²) in [5.74, 6) is 7.37. The van der Waals surface area contributed by atoms with Gasteiger partial charge >= 0.3 is 7.12 Å². The van der Waals surface area contributed by atoms with E-state index in [1.165, 1.54) is 200 Å². The minimum Gasteiger partial charge on any atom is -0.493 e. The number of rotatable bonds is 29. The van der Waals surface area contributed by atoms with Crippen molar-refractivity contribution in [3.63, 3.8) is 0 Å². The second-order valence-electron chi connectivity index (χ2n) is 31.8. The van der Waals surface area contributed by atoms with Gasteiger partial charge in [-0.25, -0.2) is 39.9 Å². The number of fused-ring (bicyclic) bond motifs is 4. The van der Waals surface area contributed by atoms with Gasteiger partial charge in [-0.2, -0.15) is 0 Å². The predicted molar refractivity (Wildman–Crippen MR) is 482 cm³/mol. The first-order valence-electron chi connectivity index (χ1n) is 43.9.